The third-order valence-electron chi connectivity index (χ3n) is 11.1. The van der Waals surface area contributed by atoms with Crippen LogP contribution in [-0.4, -0.2) is 37.2 Å². The zero-order valence-electron chi connectivity index (χ0n) is 45.2. The first-order valence-electron chi connectivity index (χ1n) is 28.0. The first-order valence-corrected chi connectivity index (χ1v) is 28.0. The van der Waals surface area contributed by atoms with E-state index in [1.54, 1.807) is 6.08 Å². The Hall–Kier alpha value is -4.97. The maximum Gasteiger partial charge on any atom is 0.310 e. The van der Waals surface area contributed by atoms with Gasteiger partial charge in [0.05, 0.1) is 6.42 Å². The second-order valence-corrected chi connectivity index (χ2v) is 17.8. The molecular weight excluding hydrogens is 877 g/mol. The van der Waals surface area contributed by atoms with E-state index < -0.39 is 12.1 Å². The molecule has 0 saturated carbocycles. The molecule has 0 heterocycles. The average Bonchev–Trinajstić information content (AvgIpc) is 3.37. The van der Waals surface area contributed by atoms with Gasteiger partial charge >= 0.3 is 17.9 Å². The monoisotopic (exact) mass is 977 g/mol. The Morgan fingerprint density at radius 3 is 0.930 bits per heavy atom. The van der Waals surface area contributed by atoms with Crippen LogP contribution in [0.15, 0.2) is 158 Å². The summed E-state index contributed by atoms with van der Waals surface area (Å²) in [5, 5.41) is 0. The summed E-state index contributed by atoms with van der Waals surface area (Å²) in [6.45, 7) is 6.26. The van der Waals surface area contributed by atoms with Crippen molar-refractivity contribution >= 4 is 17.9 Å². The molecule has 1 unspecified atom stereocenters. The Balaban J connectivity index is 4.51. The minimum atomic E-state index is -0.856. The van der Waals surface area contributed by atoms with Gasteiger partial charge in [-0.05, 0) is 109 Å². The van der Waals surface area contributed by atoms with Crippen LogP contribution in [0.3, 0.4) is 0 Å². The van der Waals surface area contributed by atoms with Crippen LogP contribution in [0.5, 0.6) is 0 Å². The number of hydrogen-bond acceptors (Lipinski definition) is 6. The molecule has 0 aliphatic heterocycles. The van der Waals surface area contributed by atoms with Crippen LogP contribution in [0, 0.1) is 0 Å². The molecule has 0 fully saturated rings. The van der Waals surface area contributed by atoms with Gasteiger partial charge in [-0.15, -0.1) is 0 Å². The average molecular weight is 978 g/mol. The molecule has 396 valence electrons. The molecule has 6 nitrogen and oxygen atoms in total. The van der Waals surface area contributed by atoms with Crippen molar-refractivity contribution < 1.29 is 28.6 Å². The van der Waals surface area contributed by atoms with Gasteiger partial charge in [0.1, 0.15) is 13.2 Å². The van der Waals surface area contributed by atoms with Crippen LogP contribution in [0.1, 0.15) is 213 Å². The van der Waals surface area contributed by atoms with Crippen molar-refractivity contribution in [3.8, 4) is 0 Å². The first kappa shape index (κ1) is 66.0. The molecule has 0 N–H and O–H groups in total. The topological polar surface area (TPSA) is 78.9 Å². The van der Waals surface area contributed by atoms with E-state index in [2.05, 4.69) is 167 Å². The molecule has 6 heteroatoms. The number of hydrogen-bond donors (Lipinski definition) is 0. The Bertz CT molecular complexity index is 1640. The van der Waals surface area contributed by atoms with E-state index in [0.717, 1.165) is 109 Å². The smallest absolute Gasteiger partial charge is 0.310 e. The van der Waals surface area contributed by atoms with Crippen molar-refractivity contribution in [3.05, 3.63) is 158 Å². The largest absolute Gasteiger partial charge is 0.462 e. The van der Waals surface area contributed by atoms with E-state index in [1.165, 1.54) is 51.4 Å². The predicted molar refractivity (Wildman–Crippen MR) is 306 cm³/mol. The fraction of sp³-hybridized carbons (Fsp3) is 0.554. The Morgan fingerprint density at radius 2 is 0.592 bits per heavy atom. The molecule has 0 radical (unpaired) electrons. The molecule has 0 aromatic carbocycles. The quantitative estimate of drug-likeness (QED) is 0.0262. The van der Waals surface area contributed by atoms with E-state index in [4.69, 9.17) is 14.2 Å². The highest BCUT2D eigenvalue weighted by Gasteiger charge is 2.19. The molecule has 0 saturated heterocycles. The number of carbonyl (C=O) groups excluding carboxylic acids is 3. The van der Waals surface area contributed by atoms with Crippen molar-refractivity contribution in [2.75, 3.05) is 13.2 Å². The summed E-state index contributed by atoms with van der Waals surface area (Å²) in [5.41, 5.74) is 0. The van der Waals surface area contributed by atoms with E-state index >= 15 is 0 Å². The molecule has 0 amide bonds. The van der Waals surface area contributed by atoms with Crippen LogP contribution >= 0.6 is 0 Å². The van der Waals surface area contributed by atoms with Crippen molar-refractivity contribution in [2.45, 2.75) is 219 Å². The lowest BCUT2D eigenvalue weighted by atomic mass is 10.1. The molecule has 0 aromatic heterocycles. The lowest BCUT2D eigenvalue weighted by Crippen LogP contribution is -2.30. The van der Waals surface area contributed by atoms with Crippen LogP contribution in [0.25, 0.3) is 0 Å². The van der Waals surface area contributed by atoms with Crippen molar-refractivity contribution in [1.82, 2.24) is 0 Å². The van der Waals surface area contributed by atoms with Crippen LogP contribution in [0.2, 0.25) is 0 Å². The predicted octanol–water partition coefficient (Wildman–Crippen LogP) is 19.0. The summed E-state index contributed by atoms with van der Waals surface area (Å²) in [4.78, 5) is 38.0. The van der Waals surface area contributed by atoms with Crippen molar-refractivity contribution in [1.29, 1.82) is 0 Å². The number of carbonyl (C=O) groups is 3. The highest BCUT2D eigenvalue weighted by molar-refractivity contribution is 5.72. The summed E-state index contributed by atoms with van der Waals surface area (Å²) >= 11 is 0. The third kappa shape index (κ3) is 55.8. The molecule has 0 bridgehead atoms. The summed E-state index contributed by atoms with van der Waals surface area (Å²) in [5.74, 6) is -1.12. The van der Waals surface area contributed by atoms with E-state index in [1.807, 2.05) is 6.08 Å². The Kier molecular flexibility index (Phi) is 53.6. The number of rotatable bonds is 48. The van der Waals surface area contributed by atoms with Gasteiger partial charge < -0.3 is 14.2 Å². The molecular formula is C65H100O6. The van der Waals surface area contributed by atoms with Crippen LogP contribution in [0.4, 0.5) is 0 Å². The molecule has 71 heavy (non-hydrogen) atoms. The van der Waals surface area contributed by atoms with Crippen LogP contribution < -0.4 is 0 Å². The first-order chi connectivity index (χ1) is 35.0. The summed E-state index contributed by atoms with van der Waals surface area (Å²) < 4.78 is 16.7. The van der Waals surface area contributed by atoms with Gasteiger partial charge in [0.15, 0.2) is 6.10 Å². The molecule has 0 aromatic rings. The minimum Gasteiger partial charge on any atom is -0.462 e. The minimum absolute atomic E-state index is 0.0808. The van der Waals surface area contributed by atoms with Gasteiger partial charge in [-0.2, -0.15) is 0 Å². The fourth-order valence-electron chi connectivity index (χ4n) is 6.94. The highest BCUT2D eigenvalue weighted by atomic mass is 16.6. The van der Waals surface area contributed by atoms with Gasteiger partial charge in [-0.25, -0.2) is 0 Å². The van der Waals surface area contributed by atoms with E-state index in [9.17, 15) is 14.4 Å². The maximum atomic E-state index is 12.8. The second kappa shape index (κ2) is 57.6. The zero-order chi connectivity index (χ0) is 51.4. The van der Waals surface area contributed by atoms with Gasteiger partial charge in [-0.1, -0.05) is 243 Å². The Morgan fingerprint density at radius 1 is 0.310 bits per heavy atom. The Labute approximate surface area is 435 Å². The standard InChI is InChI=1S/C65H100O6/c1-4-7-10-13-16-19-22-24-26-27-28-29-30-31-32-33-34-35-36-37-39-40-43-46-49-52-55-58-64(67)70-61-62(60-69-63(66)57-54-51-48-45-42-21-18-15-12-9-6-3)71-65(68)59-56-53-50-47-44-41-38-25-23-20-17-14-11-8-5-2/h7-8,10-11,16-17,19-20,24-26,28-29,31-32,34-35,37-39,43-44,46-47,53,56,62H,4-6,9,12-15,18,21-23,27,30,33,36,40-42,45,48-52,54-55,57-61H2,1-3H3/b10-7-,11-8-,19-16-,20-17-,26-24-,29-28-,32-31-,35-34-,38-25-,39-37-,46-43-,47-44-,56-53-. The fourth-order valence-corrected chi connectivity index (χ4v) is 6.94. The zero-order valence-corrected chi connectivity index (χ0v) is 45.2. The van der Waals surface area contributed by atoms with Crippen molar-refractivity contribution in [2.24, 2.45) is 0 Å². The molecule has 1 atom stereocenters. The second-order valence-electron chi connectivity index (χ2n) is 17.8. The number of ether oxygens (including phenoxy) is 3. The van der Waals surface area contributed by atoms with E-state index in [-0.39, 0.29) is 38.0 Å². The maximum absolute atomic E-state index is 12.8. The van der Waals surface area contributed by atoms with Crippen LogP contribution in [-0.2, 0) is 28.6 Å². The van der Waals surface area contributed by atoms with E-state index in [0.29, 0.717) is 19.3 Å². The highest BCUT2D eigenvalue weighted by Crippen LogP contribution is 2.13. The number of allylic oxidation sites excluding steroid dienone is 25. The normalized spacial score (nSPS) is 13.3. The SMILES string of the molecule is CC/C=C\C/C=C\C/C=C\C/C=C\C/C=C\C/C=C\C/C=C\C/C=C\CCCCC(=O)OCC(COC(=O)CCCCCCCCCCCCC)OC(=O)C/C=C\C/C=C\C/C=C\C/C=C\C/C=C\CC. The number of unbranched alkanes of at least 4 members (excludes halogenated alkanes) is 12. The summed E-state index contributed by atoms with van der Waals surface area (Å²) in [6.07, 6.45) is 84.1. The number of esters is 3. The third-order valence-corrected chi connectivity index (χ3v) is 11.1. The lowest BCUT2D eigenvalue weighted by molar-refractivity contribution is -0.166. The molecule has 0 spiro atoms. The molecule has 0 aliphatic rings. The summed E-state index contributed by atoms with van der Waals surface area (Å²) in [6, 6.07) is 0. The molecule has 0 aliphatic carbocycles. The van der Waals surface area contributed by atoms with Gasteiger partial charge in [-0.3, -0.25) is 14.4 Å². The lowest BCUT2D eigenvalue weighted by Gasteiger charge is -2.18. The van der Waals surface area contributed by atoms with Gasteiger partial charge in [0.25, 0.3) is 0 Å². The summed E-state index contributed by atoms with van der Waals surface area (Å²) in [7, 11) is 0. The molecule has 0 rings (SSSR count). The van der Waals surface area contributed by atoms with Crippen molar-refractivity contribution in [3.63, 3.8) is 0 Å². The van der Waals surface area contributed by atoms with Gasteiger partial charge in [0, 0.05) is 12.8 Å². The van der Waals surface area contributed by atoms with Gasteiger partial charge in [0.2, 0.25) is 0 Å².